The minimum atomic E-state index is -3.61. The van der Waals surface area contributed by atoms with Gasteiger partial charge in [0.05, 0.1) is 17.1 Å². The number of rotatable bonds is 10. The van der Waals surface area contributed by atoms with E-state index in [1.807, 2.05) is 6.07 Å². The second kappa shape index (κ2) is 10.7. The van der Waals surface area contributed by atoms with Gasteiger partial charge < -0.3 is 9.73 Å². The van der Waals surface area contributed by atoms with Gasteiger partial charge >= 0.3 is 0 Å². The van der Waals surface area contributed by atoms with Crippen LogP contribution in [0.1, 0.15) is 40.3 Å². The van der Waals surface area contributed by atoms with Gasteiger partial charge in [-0.3, -0.25) is 9.59 Å². The molecule has 0 bridgehead atoms. The molecule has 0 fully saturated rings. The Morgan fingerprint density at radius 1 is 0.889 bits per heavy atom. The molecule has 36 heavy (non-hydrogen) atoms. The minimum absolute atomic E-state index is 0.0898. The number of sulfonamides is 1. The van der Waals surface area contributed by atoms with Crippen molar-refractivity contribution >= 4 is 49.8 Å². The molecule has 3 aromatic carbocycles. The number of nitrogens with zero attached hydrogens (tertiary/aromatic N) is 1. The molecular formula is C27H25ClN2O5S. The highest BCUT2D eigenvalue weighted by Gasteiger charge is 2.24. The lowest BCUT2D eigenvalue weighted by atomic mass is 10.1. The summed E-state index contributed by atoms with van der Waals surface area (Å²) in [6, 6.07) is 19.5. The summed E-state index contributed by atoms with van der Waals surface area (Å²) in [6.45, 7) is 4.15. The Labute approximate surface area is 214 Å². The van der Waals surface area contributed by atoms with Gasteiger partial charge in [-0.2, -0.15) is 4.31 Å². The quantitative estimate of drug-likeness (QED) is 0.269. The molecule has 4 aromatic rings. The van der Waals surface area contributed by atoms with E-state index in [1.165, 1.54) is 28.6 Å². The second-order valence-corrected chi connectivity index (χ2v) is 10.4. The van der Waals surface area contributed by atoms with E-state index in [0.29, 0.717) is 45.9 Å². The van der Waals surface area contributed by atoms with Crippen molar-refractivity contribution in [3.8, 4) is 0 Å². The Hall–Kier alpha value is -3.46. The Balaban J connectivity index is 1.57. The van der Waals surface area contributed by atoms with Crippen LogP contribution < -0.4 is 5.32 Å². The number of nitrogens with one attached hydrogen (secondary N) is 1. The number of benzene rings is 3. The van der Waals surface area contributed by atoms with Crippen LogP contribution in [0.15, 0.2) is 82.1 Å². The fourth-order valence-corrected chi connectivity index (χ4v) is 5.49. The summed E-state index contributed by atoms with van der Waals surface area (Å²) in [5, 5.41) is 4.24. The third-order valence-electron chi connectivity index (χ3n) is 5.85. The average molecular weight is 525 g/mol. The number of carbonyl (C=O) groups excluding carboxylic acids is 2. The van der Waals surface area contributed by atoms with Gasteiger partial charge in [0, 0.05) is 34.6 Å². The van der Waals surface area contributed by atoms with Gasteiger partial charge in [-0.1, -0.05) is 37.6 Å². The molecule has 0 radical (unpaired) electrons. The minimum Gasteiger partial charge on any atom is -0.450 e. The molecule has 7 nitrogen and oxygen atoms in total. The molecule has 0 aliphatic carbocycles. The Bertz CT molecular complexity index is 1510. The lowest BCUT2D eigenvalue weighted by Gasteiger charge is -2.18. The Morgan fingerprint density at radius 2 is 1.50 bits per heavy atom. The van der Waals surface area contributed by atoms with Crippen LogP contribution in [0, 0.1) is 0 Å². The monoisotopic (exact) mass is 524 g/mol. The predicted octanol–water partition coefficient (Wildman–Crippen LogP) is 5.64. The van der Waals surface area contributed by atoms with Crippen molar-refractivity contribution in [2.75, 3.05) is 25.0 Å². The molecule has 1 aromatic heterocycles. The smallest absolute Gasteiger partial charge is 0.243 e. The number of para-hydroxylation sites is 1. The van der Waals surface area contributed by atoms with Gasteiger partial charge in [0.2, 0.25) is 15.8 Å². The van der Waals surface area contributed by atoms with E-state index in [-0.39, 0.29) is 28.8 Å². The first-order valence-electron chi connectivity index (χ1n) is 11.4. The SMILES string of the molecule is CCN(CC)S(=O)(=O)c1ccc(C(=O)CNc2c(C(=O)c3ccc(Cl)cc3)oc3ccccc23)cc1. The Morgan fingerprint density at radius 3 is 2.14 bits per heavy atom. The number of ketones is 2. The standard InChI is InChI=1S/C27H25ClN2O5S/c1-3-30(4-2)36(33,34)21-15-11-18(12-16-21)23(31)17-29-25-22-7-5-6-8-24(22)35-27(25)26(32)19-9-13-20(28)14-10-19/h5-16,29H,3-4,17H2,1-2H3. The number of halogens is 1. The summed E-state index contributed by atoms with van der Waals surface area (Å²) in [7, 11) is -3.61. The van der Waals surface area contributed by atoms with Crippen molar-refractivity contribution in [2.24, 2.45) is 0 Å². The van der Waals surface area contributed by atoms with Gasteiger partial charge in [-0.05, 0) is 60.7 Å². The molecule has 1 heterocycles. The maximum absolute atomic E-state index is 13.2. The van der Waals surface area contributed by atoms with Crippen molar-refractivity contribution in [2.45, 2.75) is 18.7 Å². The van der Waals surface area contributed by atoms with Gasteiger partial charge in [-0.15, -0.1) is 0 Å². The van der Waals surface area contributed by atoms with Crippen molar-refractivity contribution in [1.82, 2.24) is 4.31 Å². The number of hydrogen-bond acceptors (Lipinski definition) is 6. The zero-order chi connectivity index (χ0) is 25.9. The first-order valence-corrected chi connectivity index (χ1v) is 13.3. The van der Waals surface area contributed by atoms with E-state index in [0.717, 1.165) is 0 Å². The van der Waals surface area contributed by atoms with Gasteiger partial charge in [0.25, 0.3) is 0 Å². The molecule has 186 valence electrons. The second-order valence-electron chi connectivity index (χ2n) is 8.03. The molecule has 0 unspecified atom stereocenters. The number of anilines is 1. The van der Waals surface area contributed by atoms with Crippen LogP contribution in [-0.2, 0) is 10.0 Å². The number of Topliss-reactive ketones (excluding diaryl/α,β-unsaturated/α-hetero) is 1. The lowest BCUT2D eigenvalue weighted by Crippen LogP contribution is -2.30. The average Bonchev–Trinajstić information content (AvgIpc) is 3.26. The van der Waals surface area contributed by atoms with Crippen molar-refractivity contribution in [1.29, 1.82) is 0 Å². The largest absolute Gasteiger partial charge is 0.450 e. The fourth-order valence-electron chi connectivity index (χ4n) is 3.91. The molecule has 0 atom stereocenters. The van der Waals surface area contributed by atoms with Crippen LogP contribution in [0.2, 0.25) is 5.02 Å². The highest BCUT2D eigenvalue weighted by Crippen LogP contribution is 2.32. The van der Waals surface area contributed by atoms with E-state index >= 15 is 0 Å². The van der Waals surface area contributed by atoms with Crippen LogP contribution in [0.25, 0.3) is 11.0 Å². The predicted molar refractivity (Wildman–Crippen MR) is 140 cm³/mol. The van der Waals surface area contributed by atoms with Crippen LogP contribution in [0.3, 0.4) is 0 Å². The third kappa shape index (κ3) is 5.06. The Kier molecular flexibility index (Phi) is 7.59. The van der Waals surface area contributed by atoms with E-state index < -0.39 is 10.0 Å². The normalized spacial score (nSPS) is 11.7. The molecule has 9 heteroatoms. The molecular weight excluding hydrogens is 500 g/mol. The van der Waals surface area contributed by atoms with E-state index in [9.17, 15) is 18.0 Å². The van der Waals surface area contributed by atoms with Gasteiger partial charge in [0.1, 0.15) is 5.58 Å². The topological polar surface area (TPSA) is 96.7 Å². The van der Waals surface area contributed by atoms with Crippen molar-refractivity contribution in [3.05, 3.63) is 94.7 Å². The van der Waals surface area contributed by atoms with E-state index in [4.69, 9.17) is 16.0 Å². The first-order chi connectivity index (χ1) is 17.3. The number of carbonyl (C=O) groups is 2. The fraction of sp³-hybridized carbons (Fsp3) is 0.185. The molecule has 0 aliphatic heterocycles. The van der Waals surface area contributed by atoms with Crippen LogP contribution in [0.5, 0.6) is 0 Å². The zero-order valence-electron chi connectivity index (χ0n) is 19.8. The first kappa shape index (κ1) is 25.6. The summed E-state index contributed by atoms with van der Waals surface area (Å²) in [6.07, 6.45) is 0. The summed E-state index contributed by atoms with van der Waals surface area (Å²) >= 11 is 5.95. The number of furan rings is 1. The molecule has 4 rings (SSSR count). The lowest BCUT2D eigenvalue weighted by molar-refractivity contribution is 0.0997. The van der Waals surface area contributed by atoms with Gasteiger partial charge in [0.15, 0.2) is 11.5 Å². The van der Waals surface area contributed by atoms with Crippen LogP contribution in [-0.4, -0.2) is 43.9 Å². The number of fused-ring (bicyclic) bond motifs is 1. The maximum atomic E-state index is 13.2. The molecule has 1 N–H and O–H groups in total. The molecule has 0 amide bonds. The highest BCUT2D eigenvalue weighted by atomic mass is 35.5. The summed E-state index contributed by atoms with van der Waals surface area (Å²) in [5.74, 6) is -0.521. The maximum Gasteiger partial charge on any atom is 0.243 e. The van der Waals surface area contributed by atoms with E-state index in [1.54, 1.807) is 56.3 Å². The van der Waals surface area contributed by atoms with Crippen molar-refractivity contribution < 1.29 is 22.4 Å². The summed E-state index contributed by atoms with van der Waals surface area (Å²) < 4.78 is 32.6. The molecule has 0 aliphatic rings. The number of hydrogen-bond donors (Lipinski definition) is 1. The molecule has 0 saturated carbocycles. The third-order valence-corrected chi connectivity index (χ3v) is 8.17. The van der Waals surface area contributed by atoms with E-state index in [2.05, 4.69) is 5.32 Å². The van der Waals surface area contributed by atoms with Crippen molar-refractivity contribution in [3.63, 3.8) is 0 Å². The van der Waals surface area contributed by atoms with Crippen LogP contribution >= 0.6 is 11.6 Å². The summed E-state index contributed by atoms with van der Waals surface area (Å²) in [4.78, 5) is 26.2. The highest BCUT2D eigenvalue weighted by molar-refractivity contribution is 7.89. The van der Waals surface area contributed by atoms with Crippen LogP contribution in [0.4, 0.5) is 5.69 Å². The van der Waals surface area contributed by atoms with Gasteiger partial charge in [-0.25, -0.2) is 8.42 Å². The summed E-state index contributed by atoms with van der Waals surface area (Å²) in [5.41, 5.74) is 1.67. The molecule has 0 spiro atoms. The molecule has 0 saturated heterocycles. The zero-order valence-corrected chi connectivity index (χ0v) is 21.4.